The summed E-state index contributed by atoms with van der Waals surface area (Å²) < 4.78 is 4.68. The van der Waals surface area contributed by atoms with Crippen molar-refractivity contribution in [3.05, 3.63) is 27.8 Å². The number of ketones is 1. The molecule has 2 rings (SSSR count). The van der Waals surface area contributed by atoms with E-state index in [0.717, 1.165) is 43.2 Å². The van der Waals surface area contributed by atoms with Crippen molar-refractivity contribution in [1.82, 2.24) is 0 Å². The average Bonchev–Trinajstić information content (AvgIpc) is 2.67. The van der Waals surface area contributed by atoms with Gasteiger partial charge in [-0.1, -0.05) is 18.0 Å². The number of rotatable bonds is 3. The Morgan fingerprint density at radius 3 is 2.70 bits per heavy atom. The van der Waals surface area contributed by atoms with Crippen LogP contribution in [-0.4, -0.2) is 23.5 Å². The van der Waals surface area contributed by atoms with Crippen molar-refractivity contribution in [2.75, 3.05) is 6.61 Å². The molecule has 1 aliphatic rings. The lowest BCUT2D eigenvalue weighted by Gasteiger charge is -2.13. The number of carbonyl (C=O) groups is 2. The Morgan fingerprint density at radius 2 is 2.00 bits per heavy atom. The first-order valence-corrected chi connectivity index (χ1v) is 7.18. The molecule has 0 amide bonds. The zero-order chi connectivity index (χ0) is 14.7. The van der Waals surface area contributed by atoms with Crippen molar-refractivity contribution in [3.63, 3.8) is 0 Å². The van der Waals surface area contributed by atoms with Crippen LogP contribution in [0.1, 0.15) is 47.7 Å². The van der Waals surface area contributed by atoms with E-state index in [1.54, 1.807) is 13.0 Å². The number of fused-ring (bicyclic) bond motifs is 1. The topological polar surface area (TPSA) is 63.6 Å². The second-order valence-electron chi connectivity index (χ2n) is 4.83. The maximum absolute atomic E-state index is 12.0. The van der Waals surface area contributed by atoms with Crippen molar-refractivity contribution in [2.45, 2.75) is 39.0 Å². The molecule has 0 saturated carbocycles. The highest BCUT2D eigenvalue weighted by Gasteiger charge is 2.26. The van der Waals surface area contributed by atoms with Gasteiger partial charge in [0.1, 0.15) is 5.75 Å². The van der Waals surface area contributed by atoms with Gasteiger partial charge in [-0.25, -0.2) is 4.79 Å². The fourth-order valence-corrected chi connectivity index (χ4v) is 2.82. The summed E-state index contributed by atoms with van der Waals surface area (Å²) >= 11 is 6.16. The first-order chi connectivity index (χ1) is 9.56. The highest BCUT2D eigenvalue weighted by Crippen LogP contribution is 2.37. The Balaban J connectivity index is 2.45. The molecule has 1 aromatic carbocycles. The van der Waals surface area contributed by atoms with Crippen LogP contribution in [0.2, 0.25) is 5.02 Å². The minimum absolute atomic E-state index is 0.0610. The van der Waals surface area contributed by atoms with Crippen molar-refractivity contribution in [2.24, 2.45) is 0 Å². The molecule has 4 nitrogen and oxygen atoms in total. The number of hydrogen-bond donors (Lipinski definition) is 1. The van der Waals surface area contributed by atoms with Crippen LogP contribution in [-0.2, 0) is 22.4 Å². The first kappa shape index (κ1) is 14.9. The minimum Gasteiger partial charge on any atom is -0.506 e. The molecule has 108 valence electrons. The molecule has 0 radical (unpaired) electrons. The zero-order valence-corrected chi connectivity index (χ0v) is 12.1. The molecule has 0 bridgehead atoms. The van der Waals surface area contributed by atoms with Crippen LogP contribution >= 0.6 is 11.6 Å². The summed E-state index contributed by atoms with van der Waals surface area (Å²) in [4.78, 5) is 23.5. The van der Waals surface area contributed by atoms with Gasteiger partial charge in [0.05, 0.1) is 17.2 Å². The fourth-order valence-electron chi connectivity index (χ4n) is 2.50. The smallest absolute Gasteiger partial charge is 0.379 e. The summed E-state index contributed by atoms with van der Waals surface area (Å²) in [6.45, 7) is 1.74. The lowest BCUT2D eigenvalue weighted by molar-refractivity contribution is -0.137. The molecule has 0 heterocycles. The Bertz CT molecular complexity index is 551. The number of phenols is 1. The molecule has 0 unspecified atom stereocenters. The highest BCUT2D eigenvalue weighted by molar-refractivity contribution is 6.42. The third kappa shape index (κ3) is 2.80. The molecule has 0 atom stereocenters. The summed E-state index contributed by atoms with van der Waals surface area (Å²) in [5, 5.41) is 10.3. The van der Waals surface area contributed by atoms with Crippen molar-refractivity contribution in [1.29, 1.82) is 0 Å². The Hall–Kier alpha value is -1.55. The van der Waals surface area contributed by atoms with Gasteiger partial charge in [-0.15, -0.1) is 0 Å². The number of ether oxygens (including phenoxy) is 1. The number of Topliss-reactive ketones (excluding diaryl/α,β-unsaturated/α-hetero) is 1. The van der Waals surface area contributed by atoms with Crippen LogP contribution in [0.15, 0.2) is 6.07 Å². The van der Waals surface area contributed by atoms with E-state index in [4.69, 9.17) is 11.6 Å². The third-order valence-electron chi connectivity index (χ3n) is 3.51. The first-order valence-electron chi connectivity index (χ1n) is 6.81. The summed E-state index contributed by atoms with van der Waals surface area (Å²) in [5.74, 6) is -2.13. The molecule has 1 aromatic rings. The van der Waals surface area contributed by atoms with Crippen LogP contribution in [0, 0.1) is 0 Å². The second kappa shape index (κ2) is 6.27. The van der Waals surface area contributed by atoms with E-state index < -0.39 is 11.8 Å². The van der Waals surface area contributed by atoms with Gasteiger partial charge < -0.3 is 9.84 Å². The summed E-state index contributed by atoms with van der Waals surface area (Å²) in [7, 11) is 0. The molecule has 0 spiro atoms. The Kier molecular flexibility index (Phi) is 4.65. The van der Waals surface area contributed by atoms with E-state index >= 15 is 0 Å². The van der Waals surface area contributed by atoms with Gasteiger partial charge in [0, 0.05) is 0 Å². The number of aryl methyl sites for hydroxylation is 1. The van der Waals surface area contributed by atoms with E-state index in [1.807, 2.05) is 0 Å². The van der Waals surface area contributed by atoms with E-state index in [0.29, 0.717) is 0 Å². The standard InChI is InChI=1S/C15H17ClO4/c1-2-20-15(19)14(18)11-8-9-6-4-3-5-7-10(9)12(16)13(11)17/h8,17H,2-7H2,1H3. The van der Waals surface area contributed by atoms with E-state index in [1.165, 1.54) is 0 Å². The molecule has 1 N–H and O–H groups in total. The number of benzene rings is 1. The molecular weight excluding hydrogens is 280 g/mol. The Morgan fingerprint density at radius 1 is 1.30 bits per heavy atom. The van der Waals surface area contributed by atoms with Gasteiger partial charge in [0.2, 0.25) is 0 Å². The molecule has 0 saturated heterocycles. The molecule has 0 fully saturated rings. The quantitative estimate of drug-likeness (QED) is 0.403. The SMILES string of the molecule is CCOC(=O)C(=O)c1cc2c(c(Cl)c1O)CCCCC2. The van der Waals surface area contributed by atoms with E-state index in [-0.39, 0.29) is 22.9 Å². The van der Waals surface area contributed by atoms with Gasteiger partial charge in [-0.05, 0) is 49.8 Å². The second-order valence-corrected chi connectivity index (χ2v) is 5.21. The number of carbonyl (C=O) groups excluding carboxylic acids is 2. The largest absolute Gasteiger partial charge is 0.506 e. The van der Waals surface area contributed by atoms with Crippen LogP contribution in [0.5, 0.6) is 5.75 Å². The number of esters is 1. The van der Waals surface area contributed by atoms with Gasteiger partial charge >= 0.3 is 5.97 Å². The van der Waals surface area contributed by atoms with Crippen LogP contribution in [0.3, 0.4) is 0 Å². The third-order valence-corrected chi connectivity index (χ3v) is 3.92. The van der Waals surface area contributed by atoms with Gasteiger partial charge in [0.25, 0.3) is 5.78 Å². The number of hydrogen-bond acceptors (Lipinski definition) is 4. The summed E-state index contributed by atoms with van der Waals surface area (Å²) in [6.07, 6.45) is 4.71. The Labute approximate surface area is 122 Å². The van der Waals surface area contributed by atoms with Crippen molar-refractivity contribution < 1.29 is 19.4 Å². The van der Waals surface area contributed by atoms with Crippen LogP contribution in [0.25, 0.3) is 0 Å². The lowest BCUT2D eigenvalue weighted by Crippen LogP contribution is -2.18. The lowest BCUT2D eigenvalue weighted by atomic mass is 9.97. The van der Waals surface area contributed by atoms with Crippen molar-refractivity contribution >= 4 is 23.4 Å². The monoisotopic (exact) mass is 296 g/mol. The van der Waals surface area contributed by atoms with Gasteiger partial charge in [-0.2, -0.15) is 0 Å². The molecule has 5 heteroatoms. The number of halogens is 1. The predicted molar refractivity (Wildman–Crippen MR) is 75.3 cm³/mol. The molecule has 0 aliphatic heterocycles. The predicted octanol–water partition coefficient (Wildman–Crippen LogP) is 3.06. The van der Waals surface area contributed by atoms with Crippen LogP contribution < -0.4 is 0 Å². The van der Waals surface area contributed by atoms with Gasteiger partial charge in [0.15, 0.2) is 0 Å². The summed E-state index contributed by atoms with van der Waals surface area (Å²) in [6, 6.07) is 1.58. The minimum atomic E-state index is -0.965. The van der Waals surface area contributed by atoms with E-state index in [9.17, 15) is 14.7 Å². The van der Waals surface area contributed by atoms with Crippen molar-refractivity contribution in [3.8, 4) is 5.75 Å². The number of aromatic hydroxyl groups is 1. The van der Waals surface area contributed by atoms with E-state index in [2.05, 4.69) is 4.74 Å². The normalized spacial score (nSPS) is 14.3. The average molecular weight is 297 g/mol. The molecule has 0 aromatic heterocycles. The van der Waals surface area contributed by atoms with Crippen LogP contribution in [0.4, 0.5) is 0 Å². The van der Waals surface area contributed by atoms with Gasteiger partial charge in [-0.3, -0.25) is 4.79 Å². The maximum Gasteiger partial charge on any atom is 0.379 e. The highest BCUT2D eigenvalue weighted by atomic mass is 35.5. The number of phenolic OH excluding ortho intramolecular Hbond substituents is 1. The molecule has 20 heavy (non-hydrogen) atoms. The zero-order valence-electron chi connectivity index (χ0n) is 11.4. The molecule has 1 aliphatic carbocycles. The fraction of sp³-hybridized carbons (Fsp3) is 0.467. The molecular formula is C15H17ClO4. The summed E-state index contributed by atoms with van der Waals surface area (Å²) in [5.41, 5.74) is 1.77. The maximum atomic E-state index is 12.0.